The Bertz CT molecular complexity index is 478. The van der Waals surface area contributed by atoms with Crippen molar-refractivity contribution in [2.24, 2.45) is 5.92 Å². The Morgan fingerprint density at radius 1 is 1.50 bits per heavy atom. The number of methoxy groups -OCH3 is 1. The number of rotatable bonds is 2. The van der Waals surface area contributed by atoms with Crippen LogP contribution in [0, 0.1) is 17.6 Å². The summed E-state index contributed by atoms with van der Waals surface area (Å²) in [7, 11) is 1.31. The number of halogens is 2. The Labute approximate surface area is 104 Å². The third-order valence-corrected chi connectivity index (χ3v) is 3.64. The van der Waals surface area contributed by atoms with Gasteiger partial charge < -0.3 is 10.1 Å². The molecule has 0 radical (unpaired) electrons. The molecular weight excluding hydrogens is 240 g/mol. The highest BCUT2D eigenvalue weighted by molar-refractivity contribution is 5.75. The van der Waals surface area contributed by atoms with E-state index < -0.39 is 23.0 Å². The number of esters is 1. The van der Waals surface area contributed by atoms with Gasteiger partial charge in [-0.2, -0.15) is 0 Å². The summed E-state index contributed by atoms with van der Waals surface area (Å²) in [6.07, 6.45) is 0. The molecule has 1 heterocycles. The Morgan fingerprint density at radius 3 is 2.83 bits per heavy atom. The molecule has 1 saturated heterocycles. The molecule has 2 atom stereocenters. The number of ether oxygens (including phenoxy) is 1. The van der Waals surface area contributed by atoms with Gasteiger partial charge in [0.25, 0.3) is 0 Å². The molecule has 0 aromatic heterocycles. The SMILES string of the molecule is COC(=O)C1CNCC1(C)c1ccc(F)cc1F. The number of carbonyl (C=O) groups excluding carboxylic acids is 1. The van der Waals surface area contributed by atoms with Crippen LogP contribution in [0.1, 0.15) is 12.5 Å². The Kier molecular flexibility index (Phi) is 3.34. The van der Waals surface area contributed by atoms with E-state index in [4.69, 9.17) is 4.74 Å². The zero-order valence-corrected chi connectivity index (χ0v) is 10.3. The average Bonchev–Trinajstić information content (AvgIpc) is 2.71. The van der Waals surface area contributed by atoms with Gasteiger partial charge in [0.05, 0.1) is 13.0 Å². The topological polar surface area (TPSA) is 38.3 Å². The summed E-state index contributed by atoms with van der Waals surface area (Å²) in [5, 5.41) is 3.06. The number of carbonyl (C=O) groups is 1. The first-order valence-electron chi connectivity index (χ1n) is 5.73. The van der Waals surface area contributed by atoms with Gasteiger partial charge in [-0.1, -0.05) is 13.0 Å². The molecule has 18 heavy (non-hydrogen) atoms. The van der Waals surface area contributed by atoms with E-state index in [1.807, 2.05) is 0 Å². The molecule has 0 bridgehead atoms. The minimum Gasteiger partial charge on any atom is -0.469 e. The van der Waals surface area contributed by atoms with Gasteiger partial charge in [0.2, 0.25) is 0 Å². The van der Waals surface area contributed by atoms with Crippen LogP contribution in [-0.2, 0) is 14.9 Å². The molecule has 0 saturated carbocycles. The van der Waals surface area contributed by atoms with Crippen LogP contribution in [0.4, 0.5) is 8.78 Å². The largest absolute Gasteiger partial charge is 0.469 e. The maximum absolute atomic E-state index is 13.9. The third kappa shape index (κ3) is 1.99. The molecule has 2 unspecified atom stereocenters. The highest BCUT2D eigenvalue weighted by Crippen LogP contribution is 2.37. The van der Waals surface area contributed by atoms with Crippen LogP contribution in [0.25, 0.3) is 0 Å². The first-order valence-corrected chi connectivity index (χ1v) is 5.73. The lowest BCUT2D eigenvalue weighted by molar-refractivity contribution is -0.146. The van der Waals surface area contributed by atoms with Crippen molar-refractivity contribution < 1.29 is 18.3 Å². The van der Waals surface area contributed by atoms with Crippen LogP contribution in [0.2, 0.25) is 0 Å². The fourth-order valence-corrected chi connectivity index (χ4v) is 2.55. The van der Waals surface area contributed by atoms with Crippen molar-refractivity contribution >= 4 is 5.97 Å². The maximum Gasteiger partial charge on any atom is 0.310 e. The quantitative estimate of drug-likeness (QED) is 0.816. The fourth-order valence-electron chi connectivity index (χ4n) is 2.55. The summed E-state index contributed by atoms with van der Waals surface area (Å²) in [6, 6.07) is 3.44. The van der Waals surface area contributed by atoms with Crippen LogP contribution in [0.5, 0.6) is 0 Å². The second-order valence-corrected chi connectivity index (χ2v) is 4.75. The molecule has 0 spiro atoms. The molecule has 1 aliphatic heterocycles. The van der Waals surface area contributed by atoms with Gasteiger partial charge in [0.15, 0.2) is 0 Å². The van der Waals surface area contributed by atoms with E-state index in [2.05, 4.69) is 5.32 Å². The van der Waals surface area contributed by atoms with Crippen molar-refractivity contribution in [1.29, 1.82) is 0 Å². The molecule has 1 aliphatic rings. The predicted molar refractivity (Wildman–Crippen MR) is 62.1 cm³/mol. The standard InChI is InChI=1S/C13H15F2NO2/c1-13(7-16-6-10(13)12(17)18-2)9-4-3-8(14)5-11(9)15/h3-5,10,16H,6-7H2,1-2H3. The van der Waals surface area contributed by atoms with E-state index in [9.17, 15) is 13.6 Å². The average molecular weight is 255 g/mol. The number of nitrogens with one attached hydrogen (secondary N) is 1. The lowest BCUT2D eigenvalue weighted by Gasteiger charge is -2.29. The number of hydrogen-bond donors (Lipinski definition) is 1. The summed E-state index contributed by atoms with van der Waals surface area (Å²) in [5.74, 6) is -2.11. The Balaban J connectivity index is 2.43. The van der Waals surface area contributed by atoms with Crippen LogP contribution < -0.4 is 5.32 Å². The van der Waals surface area contributed by atoms with E-state index in [0.717, 1.165) is 6.07 Å². The molecule has 5 heteroatoms. The van der Waals surface area contributed by atoms with Gasteiger partial charge >= 0.3 is 5.97 Å². The van der Waals surface area contributed by atoms with Crippen molar-refractivity contribution in [3.05, 3.63) is 35.4 Å². The van der Waals surface area contributed by atoms with E-state index in [1.54, 1.807) is 6.92 Å². The van der Waals surface area contributed by atoms with Crippen molar-refractivity contribution in [2.45, 2.75) is 12.3 Å². The molecule has 1 aromatic rings. The molecule has 2 rings (SSSR count). The summed E-state index contributed by atoms with van der Waals surface area (Å²) < 4.78 is 31.5. The van der Waals surface area contributed by atoms with Crippen LogP contribution >= 0.6 is 0 Å². The molecule has 0 amide bonds. The Hall–Kier alpha value is -1.49. The van der Waals surface area contributed by atoms with Gasteiger partial charge in [-0.15, -0.1) is 0 Å². The number of benzene rings is 1. The molecule has 0 aliphatic carbocycles. The first-order chi connectivity index (χ1) is 8.49. The van der Waals surface area contributed by atoms with Gasteiger partial charge in [0.1, 0.15) is 11.6 Å². The smallest absolute Gasteiger partial charge is 0.310 e. The van der Waals surface area contributed by atoms with Crippen molar-refractivity contribution in [2.75, 3.05) is 20.2 Å². The van der Waals surface area contributed by atoms with Gasteiger partial charge in [-0.05, 0) is 11.6 Å². The zero-order valence-electron chi connectivity index (χ0n) is 10.3. The van der Waals surface area contributed by atoms with E-state index in [1.165, 1.54) is 19.2 Å². The molecule has 1 N–H and O–H groups in total. The minimum atomic E-state index is -0.717. The highest BCUT2D eigenvalue weighted by atomic mass is 19.1. The monoisotopic (exact) mass is 255 g/mol. The molecule has 98 valence electrons. The normalized spacial score (nSPS) is 27.2. The zero-order chi connectivity index (χ0) is 13.3. The molecular formula is C13H15F2NO2. The lowest BCUT2D eigenvalue weighted by atomic mass is 9.74. The fraction of sp³-hybridized carbons (Fsp3) is 0.462. The highest BCUT2D eigenvalue weighted by Gasteiger charge is 2.46. The third-order valence-electron chi connectivity index (χ3n) is 3.64. The summed E-state index contributed by atoms with van der Waals surface area (Å²) in [4.78, 5) is 11.7. The van der Waals surface area contributed by atoms with Gasteiger partial charge in [-0.25, -0.2) is 8.78 Å². The van der Waals surface area contributed by atoms with E-state index >= 15 is 0 Å². The van der Waals surface area contributed by atoms with Crippen molar-refractivity contribution in [1.82, 2.24) is 5.32 Å². The predicted octanol–water partition coefficient (Wildman–Crippen LogP) is 1.61. The maximum atomic E-state index is 13.9. The molecule has 1 aromatic carbocycles. The minimum absolute atomic E-state index is 0.337. The van der Waals surface area contributed by atoms with Crippen molar-refractivity contribution in [3.8, 4) is 0 Å². The molecule has 1 fully saturated rings. The summed E-state index contributed by atoms with van der Waals surface area (Å²) in [6.45, 7) is 2.67. The molecule has 3 nitrogen and oxygen atoms in total. The summed E-state index contributed by atoms with van der Waals surface area (Å²) >= 11 is 0. The second-order valence-electron chi connectivity index (χ2n) is 4.75. The van der Waals surface area contributed by atoms with Gasteiger partial charge in [-0.3, -0.25) is 4.79 Å². The first kappa shape index (κ1) is 13.0. The van der Waals surface area contributed by atoms with Gasteiger partial charge in [0, 0.05) is 24.6 Å². The Morgan fingerprint density at radius 2 is 2.22 bits per heavy atom. The van der Waals surface area contributed by atoms with Crippen LogP contribution in [0.3, 0.4) is 0 Å². The second kappa shape index (κ2) is 4.65. The van der Waals surface area contributed by atoms with Crippen LogP contribution in [-0.4, -0.2) is 26.2 Å². The van der Waals surface area contributed by atoms with Crippen molar-refractivity contribution in [3.63, 3.8) is 0 Å². The van der Waals surface area contributed by atoms with E-state index in [-0.39, 0.29) is 5.97 Å². The van der Waals surface area contributed by atoms with Crippen LogP contribution in [0.15, 0.2) is 18.2 Å². The number of hydrogen-bond acceptors (Lipinski definition) is 3. The lowest BCUT2D eigenvalue weighted by Crippen LogP contribution is -2.37. The van der Waals surface area contributed by atoms with E-state index in [0.29, 0.717) is 18.7 Å². The summed E-state index contributed by atoms with van der Waals surface area (Å²) in [5.41, 5.74) is -0.380.